The minimum absolute atomic E-state index is 0.0545. The summed E-state index contributed by atoms with van der Waals surface area (Å²) in [6.07, 6.45) is 43.5. The molecule has 0 aliphatic carbocycles. The molecule has 8 nitrogen and oxygen atoms in total. The van der Waals surface area contributed by atoms with Gasteiger partial charge in [0.1, 0.15) is 13.2 Å². The van der Waals surface area contributed by atoms with E-state index in [4.69, 9.17) is 9.05 Å². The molecule has 9 heteroatoms. The molecule has 0 bridgehead atoms. The number of hydrogen-bond donors (Lipinski definition) is 3. The first-order valence-corrected chi connectivity index (χ1v) is 23.4. The Morgan fingerprint density at radius 1 is 0.623 bits per heavy atom. The number of nitrogens with one attached hydrogen (secondary N) is 1. The highest BCUT2D eigenvalue weighted by Crippen LogP contribution is 2.43. The molecule has 0 aliphatic heterocycles. The lowest BCUT2D eigenvalue weighted by Gasteiger charge is -2.25. The fraction of sp³-hybridized carbons (Fsp3) is 0.841. The lowest BCUT2D eigenvalue weighted by Crippen LogP contribution is -2.45. The number of aliphatic hydroxyl groups is 1. The van der Waals surface area contributed by atoms with E-state index >= 15 is 0 Å². The number of phosphoric ester groups is 1. The van der Waals surface area contributed by atoms with Crippen molar-refractivity contribution >= 4 is 13.7 Å². The third-order valence-corrected chi connectivity index (χ3v) is 10.6. The molecular weight excluding hydrogens is 683 g/mol. The summed E-state index contributed by atoms with van der Waals surface area (Å²) in [7, 11) is 1.55. The predicted molar refractivity (Wildman–Crippen MR) is 226 cm³/mol. The van der Waals surface area contributed by atoms with Gasteiger partial charge in [0.05, 0.1) is 39.9 Å². The number of unbranched alkanes of at least 4 members (excludes halogenated alkanes) is 22. The Labute approximate surface area is 327 Å². The van der Waals surface area contributed by atoms with E-state index in [1.54, 1.807) is 6.08 Å². The van der Waals surface area contributed by atoms with Crippen molar-refractivity contribution in [3.8, 4) is 0 Å². The molecule has 0 fully saturated rings. The highest BCUT2D eigenvalue weighted by atomic mass is 31.2. The zero-order chi connectivity index (χ0) is 39.3. The van der Waals surface area contributed by atoms with E-state index in [0.717, 1.165) is 44.9 Å². The van der Waals surface area contributed by atoms with Crippen LogP contribution in [0.15, 0.2) is 36.5 Å². The standard InChI is InChI=1S/C44H85N2O6P/c1-6-8-10-12-14-16-18-20-21-22-23-24-26-27-29-31-33-35-37-43(47)42(41-52-53(49,50)51-40-39-46(3,4)5)45-44(48)38-36-34-32-30-28-25-19-17-15-13-11-9-7-2/h22-23,27,29,35,37,42-43,47H,6-21,24-26,28,30-34,36,38-41H2,1-5H3,(H-,45,48,49,50)/p+1/b23-22+,29-27+,37-35+. The van der Waals surface area contributed by atoms with Gasteiger partial charge in [-0.3, -0.25) is 13.8 Å². The van der Waals surface area contributed by atoms with Crippen molar-refractivity contribution in [2.75, 3.05) is 40.9 Å². The second-order valence-corrected chi connectivity index (χ2v) is 17.5. The Balaban J connectivity index is 4.52. The van der Waals surface area contributed by atoms with Gasteiger partial charge in [-0.15, -0.1) is 0 Å². The summed E-state index contributed by atoms with van der Waals surface area (Å²) in [5, 5.41) is 13.8. The van der Waals surface area contributed by atoms with Crippen LogP contribution in [0.1, 0.15) is 187 Å². The van der Waals surface area contributed by atoms with Gasteiger partial charge in [0.15, 0.2) is 0 Å². The van der Waals surface area contributed by atoms with Gasteiger partial charge in [0.2, 0.25) is 5.91 Å². The number of likely N-dealkylation sites (N-methyl/N-ethyl adjacent to an activating group) is 1. The molecule has 0 rings (SSSR count). The first-order valence-electron chi connectivity index (χ1n) is 21.9. The molecule has 53 heavy (non-hydrogen) atoms. The fourth-order valence-corrected chi connectivity index (χ4v) is 6.81. The molecule has 3 atom stereocenters. The van der Waals surface area contributed by atoms with E-state index in [-0.39, 0.29) is 19.1 Å². The molecule has 0 aromatic carbocycles. The molecule has 0 aromatic rings. The molecule has 0 spiro atoms. The molecule has 0 aromatic heterocycles. The molecule has 0 saturated carbocycles. The van der Waals surface area contributed by atoms with Crippen molar-refractivity contribution in [3.63, 3.8) is 0 Å². The maximum Gasteiger partial charge on any atom is 0.472 e. The van der Waals surface area contributed by atoms with E-state index in [0.29, 0.717) is 17.4 Å². The SMILES string of the molecule is CCCCCCCCCC/C=C/CC/C=C/CC/C=C/C(O)C(COP(=O)(O)OCC[N+](C)(C)C)NC(=O)CCCCCCCCCCCCCCC. The van der Waals surface area contributed by atoms with E-state index in [2.05, 4.69) is 43.5 Å². The Bertz CT molecular complexity index is 964. The number of aliphatic hydroxyl groups excluding tert-OH is 1. The molecule has 3 unspecified atom stereocenters. The topological polar surface area (TPSA) is 105 Å². The van der Waals surface area contributed by atoms with Crippen LogP contribution in [-0.4, -0.2) is 73.4 Å². The number of carbonyl (C=O) groups excluding carboxylic acids is 1. The van der Waals surface area contributed by atoms with Crippen molar-refractivity contribution in [1.82, 2.24) is 5.32 Å². The van der Waals surface area contributed by atoms with Crippen molar-refractivity contribution in [2.24, 2.45) is 0 Å². The summed E-state index contributed by atoms with van der Waals surface area (Å²) in [5.41, 5.74) is 0. The number of rotatable bonds is 39. The number of carbonyl (C=O) groups is 1. The van der Waals surface area contributed by atoms with Crippen LogP contribution >= 0.6 is 7.82 Å². The first-order chi connectivity index (χ1) is 25.5. The molecule has 0 saturated heterocycles. The maximum atomic E-state index is 12.8. The van der Waals surface area contributed by atoms with E-state index in [1.165, 1.54) is 122 Å². The Kier molecular flexibility index (Phi) is 35.5. The van der Waals surface area contributed by atoms with Crippen LogP contribution < -0.4 is 5.32 Å². The van der Waals surface area contributed by atoms with Crippen LogP contribution in [0.5, 0.6) is 0 Å². The number of quaternary nitrogens is 1. The van der Waals surface area contributed by atoms with Crippen LogP contribution in [-0.2, 0) is 18.4 Å². The van der Waals surface area contributed by atoms with Crippen molar-refractivity contribution in [1.29, 1.82) is 0 Å². The molecule has 0 heterocycles. The van der Waals surface area contributed by atoms with Gasteiger partial charge in [0, 0.05) is 6.42 Å². The average Bonchev–Trinajstić information content (AvgIpc) is 3.10. The van der Waals surface area contributed by atoms with Crippen LogP contribution in [0.2, 0.25) is 0 Å². The number of amides is 1. The van der Waals surface area contributed by atoms with Crippen LogP contribution in [0.3, 0.4) is 0 Å². The average molecular weight is 770 g/mol. The van der Waals surface area contributed by atoms with E-state index in [9.17, 15) is 19.4 Å². The second-order valence-electron chi connectivity index (χ2n) is 16.1. The van der Waals surface area contributed by atoms with E-state index in [1.807, 2.05) is 27.2 Å². The van der Waals surface area contributed by atoms with Crippen molar-refractivity contribution in [3.05, 3.63) is 36.5 Å². The Morgan fingerprint density at radius 3 is 1.51 bits per heavy atom. The zero-order valence-corrected chi connectivity index (χ0v) is 36.1. The van der Waals surface area contributed by atoms with Gasteiger partial charge in [-0.1, -0.05) is 172 Å². The third kappa shape index (κ3) is 38.8. The van der Waals surface area contributed by atoms with E-state index < -0.39 is 20.0 Å². The Morgan fingerprint density at radius 2 is 1.04 bits per heavy atom. The maximum absolute atomic E-state index is 12.8. The Hall–Kier alpha value is -1.28. The third-order valence-electron chi connectivity index (χ3n) is 9.59. The quantitative estimate of drug-likeness (QED) is 0.0249. The molecule has 1 amide bonds. The minimum atomic E-state index is -4.34. The molecule has 0 aliphatic rings. The van der Waals surface area contributed by atoms with Crippen LogP contribution in [0, 0.1) is 0 Å². The highest BCUT2D eigenvalue weighted by molar-refractivity contribution is 7.47. The highest BCUT2D eigenvalue weighted by Gasteiger charge is 2.27. The predicted octanol–water partition coefficient (Wildman–Crippen LogP) is 11.9. The molecule has 0 radical (unpaired) electrons. The first kappa shape index (κ1) is 51.7. The van der Waals surface area contributed by atoms with Crippen molar-refractivity contribution < 1.29 is 32.9 Å². The summed E-state index contributed by atoms with van der Waals surface area (Å²) >= 11 is 0. The largest absolute Gasteiger partial charge is 0.472 e. The summed E-state index contributed by atoms with van der Waals surface area (Å²) < 4.78 is 23.5. The minimum Gasteiger partial charge on any atom is -0.387 e. The van der Waals surface area contributed by atoms with Gasteiger partial charge >= 0.3 is 7.82 Å². The summed E-state index contributed by atoms with van der Waals surface area (Å²) in [5.74, 6) is -0.192. The van der Waals surface area contributed by atoms with Crippen LogP contribution in [0.4, 0.5) is 0 Å². The lowest BCUT2D eigenvalue weighted by molar-refractivity contribution is -0.870. The van der Waals surface area contributed by atoms with Gasteiger partial charge in [-0.05, 0) is 44.9 Å². The smallest absolute Gasteiger partial charge is 0.387 e. The van der Waals surface area contributed by atoms with Gasteiger partial charge in [-0.2, -0.15) is 0 Å². The van der Waals surface area contributed by atoms with Crippen molar-refractivity contribution in [2.45, 2.75) is 199 Å². The fourth-order valence-electron chi connectivity index (χ4n) is 6.07. The summed E-state index contributed by atoms with van der Waals surface area (Å²) in [4.78, 5) is 23.1. The molecule has 312 valence electrons. The van der Waals surface area contributed by atoms with Gasteiger partial charge in [-0.25, -0.2) is 4.57 Å². The monoisotopic (exact) mass is 770 g/mol. The number of nitrogens with zero attached hydrogens (tertiary/aromatic N) is 1. The number of allylic oxidation sites excluding steroid dienone is 5. The summed E-state index contributed by atoms with van der Waals surface area (Å²) in [6, 6.07) is -0.865. The van der Waals surface area contributed by atoms with Crippen LogP contribution in [0.25, 0.3) is 0 Å². The normalized spacial score (nSPS) is 14.8. The molecule has 3 N–H and O–H groups in total. The van der Waals surface area contributed by atoms with Gasteiger partial charge in [0.25, 0.3) is 0 Å². The second kappa shape index (κ2) is 36.4. The zero-order valence-electron chi connectivity index (χ0n) is 35.3. The number of hydrogen-bond acceptors (Lipinski definition) is 5. The summed E-state index contributed by atoms with van der Waals surface area (Å²) in [6.45, 7) is 4.77. The van der Waals surface area contributed by atoms with Gasteiger partial charge < -0.3 is 19.8 Å². The number of phosphoric acid groups is 1. The lowest BCUT2D eigenvalue weighted by atomic mass is 10.0. The molecular formula is C44H86N2O6P+.